The minimum atomic E-state index is 0.582. The van der Waals surface area contributed by atoms with Crippen molar-refractivity contribution in [3.63, 3.8) is 0 Å². The number of nitrogens with one attached hydrogen (secondary N) is 1. The third kappa shape index (κ3) is 0.745. The Morgan fingerprint density at radius 3 is 3.44 bits per heavy atom. The molecule has 0 aromatic heterocycles. The molecule has 1 aliphatic heterocycles. The summed E-state index contributed by atoms with van der Waals surface area (Å²) in [6.45, 7) is 0. The molecule has 0 saturated heterocycles. The van der Waals surface area contributed by atoms with Crippen LogP contribution in [0.4, 0.5) is 0 Å². The summed E-state index contributed by atoms with van der Waals surface area (Å²) in [5.74, 6) is 0.582. The van der Waals surface area contributed by atoms with Gasteiger partial charge in [-0.1, -0.05) is 12.2 Å². The highest BCUT2D eigenvalue weighted by Crippen LogP contribution is 2.19. The van der Waals surface area contributed by atoms with E-state index in [0.29, 0.717) is 12.0 Å². The first kappa shape index (κ1) is 5.03. The van der Waals surface area contributed by atoms with E-state index in [1.807, 2.05) is 6.21 Å². The number of nitrogens with zero attached hydrogens (tertiary/aromatic N) is 1. The van der Waals surface area contributed by atoms with E-state index in [4.69, 9.17) is 0 Å². The van der Waals surface area contributed by atoms with Gasteiger partial charge in [-0.3, -0.25) is 0 Å². The Labute approximate surface area is 54.6 Å². The SMILES string of the molecule is C1=CC2C=NNC2CC1. The molecule has 1 heterocycles. The Morgan fingerprint density at radius 2 is 2.56 bits per heavy atom. The molecular formula is C7H10N2. The Hall–Kier alpha value is -0.790. The van der Waals surface area contributed by atoms with Crippen molar-refractivity contribution in [2.75, 3.05) is 0 Å². The van der Waals surface area contributed by atoms with Crippen LogP contribution in [0.5, 0.6) is 0 Å². The van der Waals surface area contributed by atoms with Gasteiger partial charge in [0.15, 0.2) is 0 Å². The average molecular weight is 122 g/mol. The Bertz CT molecular complexity index is 160. The van der Waals surface area contributed by atoms with Crippen LogP contribution in [0.3, 0.4) is 0 Å². The summed E-state index contributed by atoms with van der Waals surface area (Å²) in [6.07, 6.45) is 8.90. The lowest BCUT2D eigenvalue weighted by molar-refractivity contribution is 0.481. The molecule has 1 aliphatic carbocycles. The lowest BCUT2D eigenvalue weighted by Gasteiger charge is -2.17. The average Bonchev–Trinajstić information content (AvgIpc) is 2.33. The molecule has 2 rings (SSSR count). The van der Waals surface area contributed by atoms with Gasteiger partial charge in [-0.05, 0) is 12.8 Å². The molecule has 2 nitrogen and oxygen atoms in total. The highest BCUT2D eigenvalue weighted by atomic mass is 15.3. The zero-order valence-electron chi connectivity index (χ0n) is 5.25. The van der Waals surface area contributed by atoms with Crippen LogP contribution in [0.25, 0.3) is 0 Å². The Morgan fingerprint density at radius 1 is 1.56 bits per heavy atom. The molecule has 0 radical (unpaired) electrons. The summed E-state index contributed by atoms with van der Waals surface area (Å²) in [7, 11) is 0. The van der Waals surface area contributed by atoms with Crippen LogP contribution in [0, 0.1) is 5.92 Å². The fourth-order valence-electron chi connectivity index (χ4n) is 1.38. The van der Waals surface area contributed by atoms with Crippen LogP contribution >= 0.6 is 0 Å². The zero-order chi connectivity index (χ0) is 6.10. The third-order valence-electron chi connectivity index (χ3n) is 1.95. The van der Waals surface area contributed by atoms with Gasteiger partial charge in [-0.15, -0.1) is 0 Å². The zero-order valence-corrected chi connectivity index (χ0v) is 5.25. The number of allylic oxidation sites excluding steroid dienone is 1. The van der Waals surface area contributed by atoms with Gasteiger partial charge in [0.25, 0.3) is 0 Å². The van der Waals surface area contributed by atoms with Gasteiger partial charge in [-0.25, -0.2) is 0 Å². The van der Waals surface area contributed by atoms with E-state index in [1.165, 1.54) is 12.8 Å². The number of fused-ring (bicyclic) bond motifs is 1. The molecular weight excluding hydrogens is 112 g/mol. The van der Waals surface area contributed by atoms with Gasteiger partial charge in [0.05, 0.1) is 6.04 Å². The summed E-state index contributed by atoms with van der Waals surface area (Å²) in [6, 6.07) is 0.606. The predicted molar refractivity (Wildman–Crippen MR) is 37.3 cm³/mol. The molecule has 0 aromatic carbocycles. The summed E-state index contributed by atoms with van der Waals surface area (Å²) in [5.41, 5.74) is 3.08. The lowest BCUT2D eigenvalue weighted by atomic mass is 9.93. The van der Waals surface area contributed by atoms with E-state index in [-0.39, 0.29) is 0 Å². The Kier molecular flexibility index (Phi) is 1.04. The highest BCUT2D eigenvalue weighted by Gasteiger charge is 2.22. The lowest BCUT2D eigenvalue weighted by Crippen LogP contribution is -2.27. The largest absolute Gasteiger partial charge is 0.306 e. The van der Waals surface area contributed by atoms with E-state index in [1.54, 1.807) is 0 Å². The highest BCUT2D eigenvalue weighted by molar-refractivity contribution is 5.66. The molecule has 2 unspecified atom stereocenters. The summed E-state index contributed by atoms with van der Waals surface area (Å²) < 4.78 is 0. The normalized spacial score (nSPS) is 38.2. The maximum atomic E-state index is 4.00. The number of hydrogen-bond acceptors (Lipinski definition) is 2. The maximum absolute atomic E-state index is 4.00. The van der Waals surface area contributed by atoms with Gasteiger partial charge in [-0.2, -0.15) is 5.10 Å². The monoisotopic (exact) mass is 122 g/mol. The first-order valence-electron chi connectivity index (χ1n) is 3.42. The standard InChI is InChI=1S/C7H10N2/c1-2-4-7-6(3-1)5-8-9-7/h1,3,5-7,9H,2,4H2. The maximum Gasteiger partial charge on any atom is 0.0556 e. The van der Waals surface area contributed by atoms with Crippen LogP contribution in [-0.4, -0.2) is 12.3 Å². The molecule has 9 heavy (non-hydrogen) atoms. The third-order valence-corrected chi connectivity index (χ3v) is 1.95. The van der Waals surface area contributed by atoms with E-state index >= 15 is 0 Å². The van der Waals surface area contributed by atoms with Crippen LogP contribution in [-0.2, 0) is 0 Å². The second-order valence-corrected chi connectivity index (χ2v) is 2.60. The second-order valence-electron chi connectivity index (χ2n) is 2.60. The molecule has 0 amide bonds. The van der Waals surface area contributed by atoms with E-state index in [0.717, 1.165) is 0 Å². The molecule has 2 heteroatoms. The molecule has 2 aliphatic rings. The minimum absolute atomic E-state index is 0.582. The molecule has 48 valence electrons. The smallest absolute Gasteiger partial charge is 0.0556 e. The van der Waals surface area contributed by atoms with E-state index in [2.05, 4.69) is 22.7 Å². The first-order valence-corrected chi connectivity index (χ1v) is 3.42. The quantitative estimate of drug-likeness (QED) is 0.474. The molecule has 2 atom stereocenters. The summed E-state index contributed by atoms with van der Waals surface area (Å²) in [4.78, 5) is 0. The molecule has 1 N–H and O–H groups in total. The predicted octanol–water partition coefficient (Wildman–Crippen LogP) is 0.910. The van der Waals surface area contributed by atoms with Crippen molar-refractivity contribution < 1.29 is 0 Å². The first-order chi connectivity index (χ1) is 4.47. The van der Waals surface area contributed by atoms with Crippen LogP contribution in [0.2, 0.25) is 0 Å². The van der Waals surface area contributed by atoms with Crippen molar-refractivity contribution in [2.24, 2.45) is 11.0 Å². The fourth-order valence-corrected chi connectivity index (χ4v) is 1.38. The number of hydrazone groups is 1. The van der Waals surface area contributed by atoms with Gasteiger partial charge >= 0.3 is 0 Å². The second kappa shape index (κ2) is 1.87. The number of rotatable bonds is 0. The fraction of sp³-hybridized carbons (Fsp3) is 0.571. The summed E-state index contributed by atoms with van der Waals surface area (Å²) >= 11 is 0. The van der Waals surface area contributed by atoms with Crippen LogP contribution in [0.1, 0.15) is 12.8 Å². The molecule has 0 bridgehead atoms. The van der Waals surface area contributed by atoms with Gasteiger partial charge in [0.1, 0.15) is 0 Å². The van der Waals surface area contributed by atoms with Gasteiger partial charge < -0.3 is 5.43 Å². The Balaban J connectivity index is 2.17. The number of hydrogen-bond donors (Lipinski definition) is 1. The molecule has 0 aromatic rings. The van der Waals surface area contributed by atoms with E-state index < -0.39 is 0 Å². The van der Waals surface area contributed by atoms with Gasteiger partial charge in [0.2, 0.25) is 0 Å². The van der Waals surface area contributed by atoms with Crippen molar-refractivity contribution in [1.29, 1.82) is 0 Å². The molecule has 0 fully saturated rings. The topological polar surface area (TPSA) is 24.4 Å². The van der Waals surface area contributed by atoms with Crippen LogP contribution < -0.4 is 5.43 Å². The summed E-state index contributed by atoms with van der Waals surface area (Å²) in [5, 5.41) is 4.00. The van der Waals surface area contributed by atoms with Crippen molar-refractivity contribution in [2.45, 2.75) is 18.9 Å². The van der Waals surface area contributed by atoms with Crippen molar-refractivity contribution >= 4 is 6.21 Å². The van der Waals surface area contributed by atoms with Crippen molar-refractivity contribution in [1.82, 2.24) is 5.43 Å². The van der Waals surface area contributed by atoms with Crippen molar-refractivity contribution in [3.05, 3.63) is 12.2 Å². The molecule has 0 spiro atoms. The molecule has 0 saturated carbocycles. The van der Waals surface area contributed by atoms with Crippen molar-refractivity contribution in [3.8, 4) is 0 Å². The minimum Gasteiger partial charge on any atom is -0.306 e. The van der Waals surface area contributed by atoms with Gasteiger partial charge in [0, 0.05) is 12.1 Å². The van der Waals surface area contributed by atoms with Crippen LogP contribution in [0.15, 0.2) is 17.3 Å². The van der Waals surface area contributed by atoms with E-state index in [9.17, 15) is 0 Å².